The van der Waals surface area contributed by atoms with Crippen molar-refractivity contribution in [2.75, 3.05) is 11.5 Å². The van der Waals surface area contributed by atoms with Crippen LogP contribution in [0.5, 0.6) is 0 Å². The summed E-state index contributed by atoms with van der Waals surface area (Å²) in [6, 6.07) is 13.9. The van der Waals surface area contributed by atoms with Gasteiger partial charge in [-0.15, -0.1) is 22.7 Å². The molecule has 0 fully saturated rings. The number of nitrogen functional groups attached to an aromatic ring is 2. The Labute approximate surface area is 145 Å². The molecule has 0 aliphatic heterocycles. The van der Waals surface area contributed by atoms with Gasteiger partial charge in [-0.25, -0.2) is 4.98 Å². The van der Waals surface area contributed by atoms with Crippen LogP contribution in [0.15, 0.2) is 30.3 Å². The van der Waals surface area contributed by atoms with Crippen molar-refractivity contribution in [1.82, 2.24) is 4.98 Å². The molecular formula is C17H9N5S2. The molecule has 0 saturated carbocycles. The normalized spacial score (nSPS) is 10.8. The van der Waals surface area contributed by atoms with Crippen molar-refractivity contribution in [2.45, 2.75) is 0 Å². The molecule has 7 heteroatoms. The Balaban J connectivity index is 2.29. The third-order valence-corrected chi connectivity index (χ3v) is 5.83. The average molecular weight is 347 g/mol. The molecule has 0 spiro atoms. The standard InChI is InChI=1S/C17H9N5S2/c18-6-9-14(20)12-11(8-4-2-1-3-5-8)13-15(21)10(7-19)24-17(13)22-16(12)23-9/h1-5H,20-21H2. The van der Waals surface area contributed by atoms with E-state index in [9.17, 15) is 10.5 Å². The molecule has 4 aromatic rings. The van der Waals surface area contributed by atoms with Crippen LogP contribution in [-0.4, -0.2) is 4.98 Å². The van der Waals surface area contributed by atoms with E-state index in [1.165, 1.54) is 22.7 Å². The summed E-state index contributed by atoms with van der Waals surface area (Å²) in [7, 11) is 0. The van der Waals surface area contributed by atoms with Crippen molar-refractivity contribution in [3.05, 3.63) is 40.1 Å². The van der Waals surface area contributed by atoms with E-state index in [4.69, 9.17) is 11.5 Å². The molecule has 3 heterocycles. The van der Waals surface area contributed by atoms with E-state index in [0.29, 0.717) is 30.8 Å². The Morgan fingerprint density at radius 1 is 0.833 bits per heavy atom. The third-order valence-electron chi connectivity index (χ3n) is 3.82. The predicted octanol–water partition coefficient (Wildman–Crippen LogP) is 4.09. The van der Waals surface area contributed by atoms with Crippen LogP contribution in [-0.2, 0) is 0 Å². The largest absolute Gasteiger partial charge is 0.396 e. The van der Waals surface area contributed by atoms with Gasteiger partial charge in [0.2, 0.25) is 0 Å². The van der Waals surface area contributed by atoms with Crippen LogP contribution in [0.2, 0.25) is 0 Å². The fraction of sp³-hybridized carbons (Fsp3) is 0. The molecule has 0 aliphatic rings. The minimum atomic E-state index is 0.412. The van der Waals surface area contributed by atoms with Crippen molar-refractivity contribution >= 4 is 54.5 Å². The lowest BCUT2D eigenvalue weighted by atomic mass is 9.98. The van der Waals surface area contributed by atoms with Gasteiger partial charge in [0.25, 0.3) is 0 Å². The maximum absolute atomic E-state index is 9.29. The van der Waals surface area contributed by atoms with Crippen LogP contribution in [0, 0.1) is 22.7 Å². The van der Waals surface area contributed by atoms with E-state index >= 15 is 0 Å². The van der Waals surface area contributed by atoms with E-state index < -0.39 is 0 Å². The van der Waals surface area contributed by atoms with Crippen LogP contribution in [0.1, 0.15) is 9.75 Å². The molecule has 0 bridgehead atoms. The zero-order valence-electron chi connectivity index (χ0n) is 12.2. The number of nitrogens with two attached hydrogens (primary N) is 2. The second kappa shape index (κ2) is 5.20. The molecule has 0 radical (unpaired) electrons. The van der Waals surface area contributed by atoms with Crippen LogP contribution in [0.3, 0.4) is 0 Å². The molecular weight excluding hydrogens is 338 g/mol. The summed E-state index contributed by atoms with van der Waals surface area (Å²) in [5.41, 5.74) is 15.0. The fourth-order valence-electron chi connectivity index (χ4n) is 2.78. The minimum Gasteiger partial charge on any atom is -0.396 e. The molecule has 1 aromatic carbocycles. The third kappa shape index (κ3) is 1.86. The highest BCUT2D eigenvalue weighted by Crippen LogP contribution is 2.47. The summed E-state index contributed by atoms with van der Waals surface area (Å²) < 4.78 is 0. The first-order valence-corrected chi connectivity index (χ1v) is 8.58. The fourth-order valence-corrected chi connectivity index (χ4v) is 4.64. The summed E-state index contributed by atoms with van der Waals surface area (Å²) >= 11 is 2.51. The topological polar surface area (TPSA) is 113 Å². The molecule has 4 rings (SSSR count). The number of thiophene rings is 2. The van der Waals surface area contributed by atoms with E-state index in [0.717, 1.165) is 21.9 Å². The first-order valence-electron chi connectivity index (χ1n) is 6.95. The number of fused-ring (bicyclic) bond motifs is 2. The second-order valence-corrected chi connectivity index (χ2v) is 7.12. The minimum absolute atomic E-state index is 0.412. The molecule has 4 N–H and O–H groups in total. The number of nitriles is 2. The lowest BCUT2D eigenvalue weighted by Gasteiger charge is -2.08. The first kappa shape index (κ1) is 14.5. The molecule has 0 atom stereocenters. The van der Waals surface area contributed by atoms with E-state index in [1.807, 2.05) is 30.3 Å². The molecule has 0 unspecified atom stereocenters. The summed E-state index contributed by atoms with van der Waals surface area (Å²) in [6.07, 6.45) is 0. The number of nitrogens with zero attached hydrogens (tertiary/aromatic N) is 3. The maximum Gasteiger partial charge on any atom is 0.130 e. The zero-order valence-corrected chi connectivity index (χ0v) is 13.8. The van der Waals surface area contributed by atoms with Crippen molar-refractivity contribution in [1.29, 1.82) is 10.5 Å². The van der Waals surface area contributed by atoms with Gasteiger partial charge in [0.05, 0.1) is 11.4 Å². The van der Waals surface area contributed by atoms with Gasteiger partial charge in [0.1, 0.15) is 31.6 Å². The Hall–Kier alpha value is -3.13. The van der Waals surface area contributed by atoms with Gasteiger partial charge < -0.3 is 11.5 Å². The van der Waals surface area contributed by atoms with Crippen molar-refractivity contribution in [3.63, 3.8) is 0 Å². The highest BCUT2D eigenvalue weighted by atomic mass is 32.1. The van der Waals surface area contributed by atoms with Crippen LogP contribution >= 0.6 is 22.7 Å². The predicted molar refractivity (Wildman–Crippen MR) is 98.7 cm³/mol. The monoisotopic (exact) mass is 347 g/mol. The number of benzene rings is 1. The highest BCUT2D eigenvalue weighted by molar-refractivity contribution is 7.22. The second-order valence-electron chi connectivity index (χ2n) is 5.13. The van der Waals surface area contributed by atoms with Crippen molar-refractivity contribution in [3.8, 4) is 23.3 Å². The number of anilines is 2. The first-order chi connectivity index (χ1) is 11.7. The van der Waals surface area contributed by atoms with Gasteiger partial charge in [-0.3, -0.25) is 0 Å². The SMILES string of the molecule is N#Cc1sc2nc3sc(C#N)c(N)c3c(-c3ccccc3)c2c1N. The quantitative estimate of drug-likeness (QED) is 0.538. The van der Waals surface area contributed by atoms with Gasteiger partial charge >= 0.3 is 0 Å². The van der Waals surface area contributed by atoms with Crippen LogP contribution < -0.4 is 11.5 Å². The van der Waals surface area contributed by atoms with Crippen LogP contribution in [0.25, 0.3) is 31.6 Å². The number of rotatable bonds is 1. The molecule has 114 valence electrons. The molecule has 24 heavy (non-hydrogen) atoms. The molecule has 0 amide bonds. The van der Waals surface area contributed by atoms with Gasteiger partial charge in [0, 0.05) is 16.3 Å². The lowest BCUT2D eigenvalue weighted by Crippen LogP contribution is -1.92. The van der Waals surface area contributed by atoms with Crippen molar-refractivity contribution < 1.29 is 0 Å². The smallest absolute Gasteiger partial charge is 0.130 e. The Bertz CT molecular complexity index is 1120. The van der Waals surface area contributed by atoms with Crippen molar-refractivity contribution in [2.24, 2.45) is 0 Å². The molecule has 5 nitrogen and oxygen atoms in total. The van der Waals surface area contributed by atoms with Crippen LogP contribution in [0.4, 0.5) is 11.4 Å². The number of hydrogen-bond donors (Lipinski definition) is 2. The Morgan fingerprint density at radius 3 is 1.79 bits per heavy atom. The number of aromatic nitrogens is 1. The van der Waals surface area contributed by atoms with Gasteiger partial charge in [-0.2, -0.15) is 10.5 Å². The van der Waals surface area contributed by atoms with E-state index in [-0.39, 0.29) is 0 Å². The van der Waals surface area contributed by atoms with Gasteiger partial charge in [0.15, 0.2) is 0 Å². The maximum atomic E-state index is 9.29. The highest BCUT2D eigenvalue weighted by Gasteiger charge is 2.22. The summed E-state index contributed by atoms with van der Waals surface area (Å²) in [4.78, 5) is 6.83. The van der Waals surface area contributed by atoms with Gasteiger partial charge in [-0.1, -0.05) is 30.3 Å². The van der Waals surface area contributed by atoms with Gasteiger partial charge in [-0.05, 0) is 5.56 Å². The number of pyridine rings is 1. The van der Waals surface area contributed by atoms with E-state index in [1.54, 1.807) is 0 Å². The molecule has 0 saturated heterocycles. The van der Waals surface area contributed by atoms with E-state index in [2.05, 4.69) is 17.1 Å². The lowest BCUT2D eigenvalue weighted by molar-refractivity contribution is 1.52. The number of hydrogen-bond acceptors (Lipinski definition) is 7. The summed E-state index contributed by atoms with van der Waals surface area (Å²) in [6.45, 7) is 0. The Kier molecular flexibility index (Phi) is 3.14. The molecule has 0 aliphatic carbocycles. The average Bonchev–Trinajstić information content (AvgIpc) is 3.11. The zero-order chi connectivity index (χ0) is 16.8. The summed E-state index contributed by atoms with van der Waals surface area (Å²) in [5.74, 6) is 0. The Morgan fingerprint density at radius 2 is 1.33 bits per heavy atom. The molecule has 3 aromatic heterocycles. The summed E-state index contributed by atoms with van der Waals surface area (Å²) in [5, 5.41) is 20.0.